The van der Waals surface area contributed by atoms with Gasteiger partial charge in [0, 0.05) is 12.0 Å². The zero-order valence-corrected chi connectivity index (χ0v) is 12.5. The highest BCUT2D eigenvalue weighted by molar-refractivity contribution is 5.97. The van der Waals surface area contributed by atoms with Crippen LogP contribution < -0.4 is 0 Å². The molecule has 0 saturated carbocycles. The van der Waals surface area contributed by atoms with E-state index in [9.17, 15) is 14.7 Å². The van der Waals surface area contributed by atoms with Crippen molar-refractivity contribution in [2.24, 2.45) is 0 Å². The summed E-state index contributed by atoms with van der Waals surface area (Å²) in [5.74, 6) is -0.347. The van der Waals surface area contributed by atoms with Gasteiger partial charge in [-0.05, 0) is 31.2 Å². The molecule has 0 atom stereocenters. The number of ether oxygens (including phenoxy) is 1. The van der Waals surface area contributed by atoms with Gasteiger partial charge in [0.15, 0.2) is 5.78 Å². The Bertz CT molecular complexity index is 503. The summed E-state index contributed by atoms with van der Waals surface area (Å²) >= 11 is 0. The highest BCUT2D eigenvalue weighted by atomic mass is 16.5. The van der Waals surface area contributed by atoms with Crippen LogP contribution in [0.1, 0.15) is 56.0 Å². The monoisotopic (exact) mass is 278 g/mol. The molecule has 0 bridgehead atoms. The number of carbonyl (C=O) groups excluding carboxylic acids is 2. The quantitative estimate of drug-likeness (QED) is 0.641. The molecule has 4 nitrogen and oxygen atoms in total. The van der Waals surface area contributed by atoms with Crippen molar-refractivity contribution in [2.75, 3.05) is 7.11 Å². The third-order valence-corrected chi connectivity index (χ3v) is 3.55. The molecule has 110 valence electrons. The Morgan fingerprint density at radius 2 is 1.95 bits per heavy atom. The highest BCUT2D eigenvalue weighted by Crippen LogP contribution is 2.37. The van der Waals surface area contributed by atoms with Gasteiger partial charge < -0.3 is 9.84 Å². The van der Waals surface area contributed by atoms with Crippen LogP contribution in [0, 0.1) is 0 Å². The van der Waals surface area contributed by atoms with E-state index in [-0.39, 0.29) is 22.9 Å². The number of phenols is 1. The van der Waals surface area contributed by atoms with Crippen LogP contribution in [-0.4, -0.2) is 24.0 Å². The summed E-state index contributed by atoms with van der Waals surface area (Å²) in [7, 11) is 1.37. The number of para-hydroxylation sites is 1. The van der Waals surface area contributed by atoms with Crippen LogP contribution in [0.15, 0.2) is 18.2 Å². The minimum Gasteiger partial charge on any atom is -0.507 e. The Morgan fingerprint density at radius 1 is 1.30 bits per heavy atom. The summed E-state index contributed by atoms with van der Waals surface area (Å²) in [4.78, 5) is 22.6. The molecule has 1 aromatic carbocycles. The number of carbonyl (C=O) groups is 2. The van der Waals surface area contributed by atoms with E-state index in [1.807, 2.05) is 19.9 Å². The van der Waals surface area contributed by atoms with Crippen molar-refractivity contribution in [2.45, 2.75) is 45.4 Å². The van der Waals surface area contributed by atoms with E-state index in [1.54, 1.807) is 12.1 Å². The van der Waals surface area contributed by atoms with E-state index in [1.165, 1.54) is 14.0 Å². The standard InChI is InChI=1S/C16H22O4/c1-11(17)12-7-5-8-13(15(12)19)16(2,3)10-6-9-14(18)20-4/h5,7-8,19H,6,9-10H2,1-4H3. The molecule has 1 N–H and O–H groups in total. The van der Waals surface area contributed by atoms with Crippen molar-refractivity contribution in [1.82, 2.24) is 0 Å². The van der Waals surface area contributed by atoms with Crippen molar-refractivity contribution < 1.29 is 19.4 Å². The van der Waals surface area contributed by atoms with E-state index in [0.717, 1.165) is 12.0 Å². The Morgan fingerprint density at radius 3 is 2.50 bits per heavy atom. The van der Waals surface area contributed by atoms with E-state index in [4.69, 9.17) is 0 Å². The molecule has 0 aliphatic heterocycles. The zero-order valence-electron chi connectivity index (χ0n) is 12.5. The third kappa shape index (κ3) is 3.83. The number of Topliss-reactive ketones (excluding diaryl/α,β-unsaturated/α-hetero) is 1. The van der Waals surface area contributed by atoms with Gasteiger partial charge in [-0.25, -0.2) is 0 Å². The van der Waals surface area contributed by atoms with Crippen LogP contribution in [-0.2, 0) is 14.9 Å². The number of aromatic hydroxyl groups is 1. The first kappa shape index (κ1) is 16.2. The fourth-order valence-electron chi connectivity index (χ4n) is 2.29. The molecule has 0 amide bonds. The normalized spacial score (nSPS) is 11.2. The molecule has 0 unspecified atom stereocenters. The summed E-state index contributed by atoms with van der Waals surface area (Å²) < 4.78 is 4.61. The van der Waals surface area contributed by atoms with Crippen molar-refractivity contribution in [3.05, 3.63) is 29.3 Å². The number of ketones is 1. The molecule has 0 aromatic heterocycles. The Hall–Kier alpha value is -1.84. The average molecular weight is 278 g/mol. The van der Waals surface area contributed by atoms with Crippen molar-refractivity contribution in [3.63, 3.8) is 0 Å². The maximum absolute atomic E-state index is 11.5. The molecule has 0 spiro atoms. The first-order valence-electron chi connectivity index (χ1n) is 6.70. The second-order valence-electron chi connectivity index (χ2n) is 5.57. The van der Waals surface area contributed by atoms with Crippen LogP contribution in [0.3, 0.4) is 0 Å². The predicted molar refractivity (Wildman–Crippen MR) is 77.0 cm³/mol. The largest absolute Gasteiger partial charge is 0.507 e. The fraction of sp³-hybridized carbons (Fsp3) is 0.500. The molecular weight excluding hydrogens is 256 g/mol. The lowest BCUT2D eigenvalue weighted by Gasteiger charge is -2.26. The molecule has 0 heterocycles. The summed E-state index contributed by atoms with van der Waals surface area (Å²) in [6, 6.07) is 5.21. The molecule has 0 aliphatic carbocycles. The van der Waals surface area contributed by atoms with Gasteiger partial charge in [-0.15, -0.1) is 0 Å². The molecule has 0 fully saturated rings. The first-order chi connectivity index (χ1) is 9.29. The van der Waals surface area contributed by atoms with Gasteiger partial charge >= 0.3 is 5.97 Å². The summed E-state index contributed by atoms with van der Waals surface area (Å²) in [5.41, 5.74) is 0.752. The smallest absolute Gasteiger partial charge is 0.305 e. The van der Waals surface area contributed by atoms with E-state index >= 15 is 0 Å². The maximum Gasteiger partial charge on any atom is 0.305 e. The van der Waals surface area contributed by atoms with E-state index < -0.39 is 0 Å². The van der Waals surface area contributed by atoms with Crippen molar-refractivity contribution >= 4 is 11.8 Å². The highest BCUT2D eigenvalue weighted by Gasteiger charge is 2.25. The zero-order chi connectivity index (χ0) is 15.3. The number of benzene rings is 1. The average Bonchev–Trinajstić information content (AvgIpc) is 2.37. The summed E-state index contributed by atoms with van der Waals surface area (Å²) in [6.07, 6.45) is 1.74. The number of methoxy groups -OCH3 is 1. The second kappa shape index (κ2) is 6.55. The lowest BCUT2D eigenvalue weighted by molar-refractivity contribution is -0.140. The number of hydrogen-bond acceptors (Lipinski definition) is 4. The van der Waals surface area contributed by atoms with E-state index in [0.29, 0.717) is 18.4 Å². The molecular formula is C16H22O4. The number of esters is 1. The number of rotatable bonds is 6. The Balaban J connectivity index is 2.89. The van der Waals surface area contributed by atoms with Crippen LogP contribution in [0.4, 0.5) is 0 Å². The third-order valence-electron chi connectivity index (χ3n) is 3.55. The maximum atomic E-state index is 11.5. The molecule has 1 rings (SSSR count). The van der Waals surface area contributed by atoms with Gasteiger partial charge in [0.05, 0.1) is 12.7 Å². The van der Waals surface area contributed by atoms with Gasteiger partial charge in [-0.2, -0.15) is 0 Å². The predicted octanol–water partition coefficient (Wildman–Crippen LogP) is 3.22. The Kier molecular flexibility index (Phi) is 5.31. The van der Waals surface area contributed by atoms with Gasteiger partial charge in [0.25, 0.3) is 0 Å². The summed E-state index contributed by atoms with van der Waals surface area (Å²) in [5, 5.41) is 10.2. The molecule has 0 radical (unpaired) electrons. The number of hydrogen-bond donors (Lipinski definition) is 1. The Labute approximate surface area is 119 Å². The lowest BCUT2D eigenvalue weighted by Crippen LogP contribution is -2.18. The molecule has 4 heteroatoms. The molecule has 20 heavy (non-hydrogen) atoms. The topological polar surface area (TPSA) is 63.6 Å². The minimum atomic E-state index is -0.316. The van der Waals surface area contributed by atoms with Gasteiger partial charge in [-0.1, -0.05) is 26.0 Å². The van der Waals surface area contributed by atoms with E-state index in [2.05, 4.69) is 4.74 Å². The SMILES string of the molecule is COC(=O)CCCC(C)(C)c1cccc(C(C)=O)c1O. The molecule has 0 aliphatic rings. The lowest BCUT2D eigenvalue weighted by atomic mass is 9.78. The summed E-state index contributed by atoms with van der Waals surface area (Å²) in [6.45, 7) is 5.41. The van der Waals surface area contributed by atoms with Crippen molar-refractivity contribution in [3.8, 4) is 5.75 Å². The van der Waals surface area contributed by atoms with Crippen LogP contribution in [0.25, 0.3) is 0 Å². The van der Waals surface area contributed by atoms with Crippen LogP contribution in [0.2, 0.25) is 0 Å². The fourth-order valence-corrected chi connectivity index (χ4v) is 2.29. The van der Waals surface area contributed by atoms with Crippen LogP contribution >= 0.6 is 0 Å². The first-order valence-corrected chi connectivity index (χ1v) is 6.70. The second-order valence-corrected chi connectivity index (χ2v) is 5.57. The van der Waals surface area contributed by atoms with Gasteiger partial charge in [-0.3, -0.25) is 9.59 Å². The van der Waals surface area contributed by atoms with Gasteiger partial charge in [0.1, 0.15) is 5.75 Å². The number of phenolic OH excluding ortho intramolecular Hbond substituents is 1. The molecule has 0 saturated heterocycles. The molecule has 1 aromatic rings. The van der Waals surface area contributed by atoms with Gasteiger partial charge in [0.2, 0.25) is 0 Å². The van der Waals surface area contributed by atoms with Crippen LogP contribution in [0.5, 0.6) is 5.75 Å². The minimum absolute atomic E-state index is 0.0445. The van der Waals surface area contributed by atoms with Crippen molar-refractivity contribution in [1.29, 1.82) is 0 Å².